The molecule has 33 heavy (non-hydrogen) atoms. The van der Waals surface area contributed by atoms with Gasteiger partial charge in [-0.25, -0.2) is 0 Å². The summed E-state index contributed by atoms with van der Waals surface area (Å²) >= 11 is 0. The molecule has 0 amide bonds. The number of hydrogen-bond donors (Lipinski definition) is 5. The fraction of sp³-hybridized carbons (Fsp3) is 0.318. The average molecular weight is 462 g/mol. The van der Waals surface area contributed by atoms with Crippen LogP contribution in [0.2, 0.25) is 0 Å². The van der Waals surface area contributed by atoms with Crippen molar-refractivity contribution in [3.05, 3.63) is 40.6 Å². The Bertz CT molecular complexity index is 1230. The van der Waals surface area contributed by atoms with E-state index in [0.29, 0.717) is 5.56 Å². The summed E-state index contributed by atoms with van der Waals surface area (Å²) in [5, 5.41) is 49.4. The highest BCUT2D eigenvalue weighted by atomic mass is 16.7. The zero-order valence-corrected chi connectivity index (χ0v) is 17.6. The van der Waals surface area contributed by atoms with Crippen LogP contribution < -0.4 is 19.6 Å². The van der Waals surface area contributed by atoms with E-state index in [1.54, 1.807) is 0 Å². The van der Waals surface area contributed by atoms with Gasteiger partial charge in [-0.3, -0.25) is 4.79 Å². The van der Waals surface area contributed by atoms with Crippen molar-refractivity contribution in [2.24, 2.45) is 0 Å². The second kappa shape index (κ2) is 8.45. The highest BCUT2D eigenvalue weighted by molar-refractivity contribution is 5.86. The Morgan fingerprint density at radius 1 is 1.09 bits per heavy atom. The zero-order valence-electron chi connectivity index (χ0n) is 17.6. The van der Waals surface area contributed by atoms with Gasteiger partial charge < -0.3 is 48.9 Å². The van der Waals surface area contributed by atoms with E-state index in [1.807, 2.05) is 0 Å². The molecule has 176 valence electrons. The van der Waals surface area contributed by atoms with Crippen molar-refractivity contribution >= 4 is 11.0 Å². The fourth-order valence-corrected chi connectivity index (χ4v) is 3.54. The van der Waals surface area contributed by atoms with Gasteiger partial charge in [-0.1, -0.05) is 0 Å². The van der Waals surface area contributed by atoms with Crippen molar-refractivity contribution in [2.75, 3.05) is 27.4 Å². The van der Waals surface area contributed by atoms with Crippen molar-refractivity contribution < 1.29 is 48.9 Å². The van der Waals surface area contributed by atoms with Crippen LogP contribution in [0.3, 0.4) is 0 Å². The molecule has 0 saturated carbocycles. The SMILES string of the molecule is COc1cc(-c2cc(=O)c3c(O)cc(O)cc3o2)cc(OC)c1OC1OCC(O)(CO)C1O. The Morgan fingerprint density at radius 2 is 1.76 bits per heavy atom. The van der Waals surface area contributed by atoms with Crippen LogP contribution in [0.5, 0.6) is 28.7 Å². The summed E-state index contributed by atoms with van der Waals surface area (Å²) in [6.07, 6.45) is -2.86. The number of benzene rings is 2. The van der Waals surface area contributed by atoms with Crippen LogP contribution in [0.25, 0.3) is 22.3 Å². The summed E-state index contributed by atoms with van der Waals surface area (Å²) in [6, 6.07) is 6.36. The van der Waals surface area contributed by atoms with Gasteiger partial charge in [-0.05, 0) is 12.1 Å². The maximum absolute atomic E-state index is 12.6. The van der Waals surface area contributed by atoms with Gasteiger partial charge in [0.15, 0.2) is 16.9 Å². The molecule has 1 fully saturated rings. The number of phenolic OH excluding ortho intramolecular Hbond substituents is 2. The Labute approximate surface area is 186 Å². The van der Waals surface area contributed by atoms with E-state index in [2.05, 4.69) is 0 Å². The molecule has 2 heterocycles. The summed E-state index contributed by atoms with van der Waals surface area (Å²) in [4.78, 5) is 12.6. The van der Waals surface area contributed by atoms with Crippen LogP contribution >= 0.6 is 0 Å². The van der Waals surface area contributed by atoms with Gasteiger partial charge in [0.2, 0.25) is 12.0 Å². The number of phenols is 2. The third-order valence-corrected chi connectivity index (χ3v) is 5.35. The first-order chi connectivity index (χ1) is 15.7. The number of ether oxygens (including phenoxy) is 4. The van der Waals surface area contributed by atoms with E-state index in [1.165, 1.54) is 38.5 Å². The number of aliphatic hydroxyl groups excluding tert-OH is 2. The first-order valence-corrected chi connectivity index (χ1v) is 9.76. The molecular weight excluding hydrogens is 440 g/mol. The van der Waals surface area contributed by atoms with Crippen molar-refractivity contribution in [2.45, 2.75) is 18.0 Å². The highest BCUT2D eigenvalue weighted by Gasteiger charge is 2.49. The van der Waals surface area contributed by atoms with Gasteiger partial charge in [0.05, 0.1) is 27.4 Å². The summed E-state index contributed by atoms with van der Waals surface area (Å²) in [5.41, 5.74) is -2.10. The van der Waals surface area contributed by atoms with Crippen LogP contribution in [-0.2, 0) is 4.74 Å². The van der Waals surface area contributed by atoms with Gasteiger partial charge in [0, 0.05) is 23.8 Å². The minimum Gasteiger partial charge on any atom is -0.508 e. The largest absolute Gasteiger partial charge is 0.508 e. The molecule has 3 unspecified atom stereocenters. The second-order valence-electron chi connectivity index (χ2n) is 7.53. The first kappa shape index (κ1) is 22.7. The molecule has 3 aromatic rings. The van der Waals surface area contributed by atoms with E-state index in [4.69, 9.17) is 23.4 Å². The third-order valence-electron chi connectivity index (χ3n) is 5.35. The smallest absolute Gasteiger partial charge is 0.229 e. The van der Waals surface area contributed by atoms with Crippen LogP contribution in [0.1, 0.15) is 0 Å². The lowest BCUT2D eigenvalue weighted by molar-refractivity contribution is -0.116. The Kier molecular flexibility index (Phi) is 5.80. The van der Waals surface area contributed by atoms with Gasteiger partial charge in [0.25, 0.3) is 0 Å². The van der Waals surface area contributed by atoms with Crippen molar-refractivity contribution in [1.29, 1.82) is 0 Å². The minimum absolute atomic E-state index is 0.0287. The second-order valence-corrected chi connectivity index (χ2v) is 7.53. The molecule has 0 radical (unpaired) electrons. The van der Waals surface area contributed by atoms with Crippen LogP contribution in [0.15, 0.2) is 39.5 Å². The van der Waals surface area contributed by atoms with Gasteiger partial charge in [-0.2, -0.15) is 0 Å². The maximum atomic E-state index is 12.6. The lowest BCUT2D eigenvalue weighted by Crippen LogP contribution is -2.48. The van der Waals surface area contributed by atoms with Gasteiger partial charge in [0.1, 0.15) is 39.9 Å². The molecule has 1 aliphatic heterocycles. The van der Waals surface area contributed by atoms with E-state index in [-0.39, 0.29) is 46.3 Å². The summed E-state index contributed by atoms with van der Waals surface area (Å²) in [7, 11) is 2.71. The van der Waals surface area contributed by atoms with Crippen molar-refractivity contribution in [1.82, 2.24) is 0 Å². The molecule has 0 spiro atoms. The molecule has 0 aliphatic carbocycles. The summed E-state index contributed by atoms with van der Waals surface area (Å²) in [5.74, 6) is -0.317. The van der Waals surface area contributed by atoms with Crippen LogP contribution in [0.4, 0.5) is 0 Å². The number of methoxy groups -OCH3 is 2. The van der Waals surface area contributed by atoms with Gasteiger partial charge in [-0.15, -0.1) is 0 Å². The molecule has 11 nitrogen and oxygen atoms in total. The van der Waals surface area contributed by atoms with Crippen molar-refractivity contribution in [3.63, 3.8) is 0 Å². The number of rotatable bonds is 6. The molecule has 5 N–H and O–H groups in total. The number of aromatic hydroxyl groups is 2. The molecule has 1 aliphatic rings. The normalized spacial score (nSPS) is 22.5. The minimum atomic E-state index is -1.88. The zero-order chi connectivity index (χ0) is 23.9. The Balaban J connectivity index is 1.77. The number of fused-ring (bicyclic) bond motifs is 1. The molecule has 0 bridgehead atoms. The predicted octanol–water partition coefficient (Wildman–Crippen LogP) is 0.708. The Hall–Kier alpha value is -3.51. The van der Waals surface area contributed by atoms with Crippen LogP contribution in [0, 0.1) is 0 Å². The lowest BCUT2D eigenvalue weighted by atomic mass is 10.0. The first-order valence-electron chi connectivity index (χ1n) is 9.76. The molecule has 2 aromatic carbocycles. The van der Waals surface area contributed by atoms with Gasteiger partial charge >= 0.3 is 0 Å². The predicted molar refractivity (Wildman–Crippen MR) is 113 cm³/mol. The Morgan fingerprint density at radius 3 is 2.33 bits per heavy atom. The summed E-state index contributed by atoms with van der Waals surface area (Å²) < 4.78 is 27.4. The summed E-state index contributed by atoms with van der Waals surface area (Å²) in [6.45, 7) is -1.08. The van der Waals surface area contributed by atoms with E-state index < -0.39 is 35.8 Å². The topological polar surface area (TPSA) is 168 Å². The number of aliphatic hydroxyl groups is 3. The van der Waals surface area contributed by atoms with E-state index in [9.17, 15) is 30.3 Å². The monoisotopic (exact) mass is 462 g/mol. The van der Waals surface area contributed by atoms with E-state index >= 15 is 0 Å². The molecule has 1 saturated heterocycles. The molecule has 11 heteroatoms. The van der Waals surface area contributed by atoms with Crippen LogP contribution in [-0.4, -0.2) is 71.0 Å². The molecule has 3 atom stereocenters. The fourth-order valence-electron chi connectivity index (χ4n) is 3.54. The lowest BCUT2D eigenvalue weighted by Gasteiger charge is -2.25. The molecular formula is C22H22O11. The molecule has 1 aromatic heterocycles. The van der Waals surface area contributed by atoms with Crippen molar-refractivity contribution in [3.8, 4) is 40.1 Å². The maximum Gasteiger partial charge on any atom is 0.229 e. The van der Waals surface area contributed by atoms with E-state index in [0.717, 1.165) is 6.07 Å². The highest BCUT2D eigenvalue weighted by Crippen LogP contribution is 2.43. The average Bonchev–Trinajstić information content (AvgIpc) is 3.07. The standard InChI is InChI=1S/C22H22O11/c1-29-16-3-10(14-7-13(26)18-12(25)5-11(24)6-15(18)32-14)4-17(30-2)19(16)33-21-20(27)22(28,8-23)9-31-21/h3-7,20-21,23-25,27-28H,8-9H2,1-2H3. The third kappa shape index (κ3) is 3.91. The molecule has 4 rings (SSSR count). The quantitative estimate of drug-likeness (QED) is 0.350. The number of hydrogen-bond acceptors (Lipinski definition) is 11.